The fourth-order valence-corrected chi connectivity index (χ4v) is 4.63. The average molecular weight is 450 g/mol. The van der Waals surface area contributed by atoms with Gasteiger partial charge in [-0.05, 0) is 62.6 Å². The van der Waals surface area contributed by atoms with Crippen LogP contribution in [0.1, 0.15) is 52.6 Å². The largest absolute Gasteiger partial charge is 0.338 e. The first kappa shape index (κ1) is 22.3. The SMILES string of the molecule is CCCN(C(=O)c1cc2cc(Cl)ccc2nc1C)C1CCN(C(=O)c2ccccc2)CC1. The second-order valence-corrected chi connectivity index (χ2v) is 8.78. The predicted octanol–water partition coefficient (Wildman–Crippen LogP) is 5.35. The lowest BCUT2D eigenvalue weighted by molar-refractivity contribution is 0.0518. The molecule has 2 heterocycles. The molecule has 1 aromatic heterocycles. The standard InChI is InChI=1S/C26H28ClN3O2/c1-3-13-30(22-11-14-29(15-12-22)25(31)19-7-5-4-6-8-19)26(32)23-17-20-16-21(27)9-10-24(20)28-18(23)2/h4-10,16-17,22H,3,11-15H2,1-2H3. The van der Waals surface area contributed by atoms with Crippen molar-refractivity contribution < 1.29 is 9.59 Å². The summed E-state index contributed by atoms with van der Waals surface area (Å²) in [5.41, 5.74) is 2.89. The van der Waals surface area contributed by atoms with Crippen molar-refractivity contribution in [2.45, 2.75) is 39.2 Å². The molecule has 0 aliphatic carbocycles. The van der Waals surface area contributed by atoms with E-state index in [0.717, 1.165) is 35.9 Å². The third kappa shape index (κ3) is 4.63. The van der Waals surface area contributed by atoms with Crippen LogP contribution in [0, 0.1) is 6.92 Å². The Morgan fingerprint density at radius 1 is 1.09 bits per heavy atom. The number of halogens is 1. The van der Waals surface area contributed by atoms with Gasteiger partial charge in [0, 0.05) is 41.6 Å². The first-order valence-electron chi connectivity index (χ1n) is 11.2. The highest BCUT2D eigenvalue weighted by molar-refractivity contribution is 6.31. The highest BCUT2D eigenvalue weighted by Crippen LogP contribution is 2.25. The van der Waals surface area contributed by atoms with Gasteiger partial charge in [-0.3, -0.25) is 14.6 Å². The van der Waals surface area contributed by atoms with Crippen LogP contribution >= 0.6 is 11.6 Å². The monoisotopic (exact) mass is 449 g/mol. The van der Waals surface area contributed by atoms with Crippen molar-refractivity contribution in [2.24, 2.45) is 0 Å². The Balaban J connectivity index is 1.52. The summed E-state index contributed by atoms with van der Waals surface area (Å²) in [5, 5.41) is 1.49. The van der Waals surface area contributed by atoms with Gasteiger partial charge in [0.15, 0.2) is 0 Å². The number of amides is 2. The number of hydrogen-bond donors (Lipinski definition) is 0. The van der Waals surface area contributed by atoms with Crippen LogP contribution in [-0.2, 0) is 0 Å². The number of nitrogens with zero attached hydrogens (tertiary/aromatic N) is 3. The second kappa shape index (κ2) is 9.70. The zero-order chi connectivity index (χ0) is 22.7. The Labute approximate surface area is 194 Å². The van der Waals surface area contributed by atoms with Gasteiger partial charge in [-0.25, -0.2) is 0 Å². The summed E-state index contributed by atoms with van der Waals surface area (Å²) < 4.78 is 0. The van der Waals surface area contributed by atoms with Crippen molar-refractivity contribution in [1.29, 1.82) is 0 Å². The van der Waals surface area contributed by atoms with E-state index < -0.39 is 0 Å². The summed E-state index contributed by atoms with van der Waals surface area (Å²) in [6.45, 7) is 5.95. The van der Waals surface area contributed by atoms with Crippen molar-refractivity contribution >= 4 is 34.3 Å². The Morgan fingerprint density at radius 3 is 2.50 bits per heavy atom. The fraction of sp³-hybridized carbons (Fsp3) is 0.346. The van der Waals surface area contributed by atoms with E-state index in [9.17, 15) is 9.59 Å². The van der Waals surface area contributed by atoms with E-state index in [1.165, 1.54) is 0 Å². The molecule has 0 spiro atoms. The highest BCUT2D eigenvalue weighted by atomic mass is 35.5. The lowest BCUT2D eigenvalue weighted by atomic mass is 10.00. The zero-order valence-electron chi connectivity index (χ0n) is 18.6. The number of benzene rings is 2. The lowest BCUT2D eigenvalue weighted by Gasteiger charge is -2.38. The molecule has 1 saturated heterocycles. The van der Waals surface area contributed by atoms with Crippen LogP contribution in [0.2, 0.25) is 5.02 Å². The van der Waals surface area contributed by atoms with Gasteiger partial charge < -0.3 is 9.80 Å². The molecule has 2 aromatic carbocycles. The normalized spacial score (nSPS) is 14.5. The van der Waals surface area contributed by atoms with E-state index in [2.05, 4.69) is 11.9 Å². The van der Waals surface area contributed by atoms with Crippen LogP contribution < -0.4 is 0 Å². The third-order valence-electron chi connectivity index (χ3n) is 6.14. The molecule has 0 unspecified atom stereocenters. The third-order valence-corrected chi connectivity index (χ3v) is 6.37. The molecule has 6 heteroatoms. The van der Waals surface area contributed by atoms with E-state index >= 15 is 0 Å². The molecular weight excluding hydrogens is 422 g/mol. The van der Waals surface area contributed by atoms with Crippen LogP contribution in [0.5, 0.6) is 0 Å². The van der Waals surface area contributed by atoms with E-state index in [1.54, 1.807) is 0 Å². The molecular formula is C26H28ClN3O2. The molecule has 0 saturated carbocycles. The van der Waals surface area contributed by atoms with Crippen molar-refractivity contribution in [3.05, 3.63) is 76.4 Å². The molecule has 4 rings (SSSR count). The van der Waals surface area contributed by atoms with Crippen molar-refractivity contribution in [2.75, 3.05) is 19.6 Å². The molecule has 0 atom stereocenters. The van der Waals surface area contributed by atoms with Gasteiger partial charge in [0.2, 0.25) is 0 Å². The number of aromatic nitrogens is 1. The van der Waals surface area contributed by atoms with E-state index in [-0.39, 0.29) is 17.9 Å². The van der Waals surface area contributed by atoms with Gasteiger partial charge in [0.05, 0.1) is 16.8 Å². The Morgan fingerprint density at radius 2 is 1.81 bits per heavy atom. The quantitative estimate of drug-likeness (QED) is 0.527. The van der Waals surface area contributed by atoms with Gasteiger partial charge in [-0.15, -0.1) is 0 Å². The summed E-state index contributed by atoms with van der Waals surface area (Å²) in [6.07, 6.45) is 2.42. The fourth-order valence-electron chi connectivity index (χ4n) is 4.45. The maximum absolute atomic E-state index is 13.6. The number of piperidine rings is 1. The molecule has 166 valence electrons. The summed E-state index contributed by atoms with van der Waals surface area (Å²) in [6, 6.07) is 16.9. The van der Waals surface area contributed by atoms with Crippen molar-refractivity contribution in [3.63, 3.8) is 0 Å². The number of rotatable bonds is 5. The maximum Gasteiger partial charge on any atom is 0.255 e. The van der Waals surface area contributed by atoms with Crippen LogP contribution in [0.4, 0.5) is 0 Å². The Kier molecular flexibility index (Phi) is 6.75. The molecule has 1 aliphatic rings. The highest BCUT2D eigenvalue weighted by Gasteiger charge is 2.31. The number of pyridine rings is 1. The summed E-state index contributed by atoms with van der Waals surface area (Å²) >= 11 is 6.15. The minimum Gasteiger partial charge on any atom is -0.338 e. The molecule has 32 heavy (non-hydrogen) atoms. The molecule has 0 bridgehead atoms. The van der Waals surface area contributed by atoms with Crippen molar-refractivity contribution in [3.8, 4) is 0 Å². The summed E-state index contributed by atoms with van der Waals surface area (Å²) in [4.78, 5) is 34.9. The van der Waals surface area contributed by atoms with Gasteiger partial charge in [0.1, 0.15) is 0 Å². The topological polar surface area (TPSA) is 53.5 Å². The smallest absolute Gasteiger partial charge is 0.255 e. The summed E-state index contributed by atoms with van der Waals surface area (Å²) in [7, 11) is 0. The first-order valence-corrected chi connectivity index (χ1v) is 11.6. The zero-order valence-corrected chi connectivity index (χ0v) is 19.3. The van der Waals surface area contributed by atoms with Crippen molar-refractivity contribution in [1.82, 2.24) is 14.8 Å². The van der Waals surface area contributed by atoms with E-state index in [1.807, 2.05) is 71.3 Å². The maximum atomic E-state index is 13.6. The number of aryl methyl sites for hydroxylation is 1. The van der Waals surface area contributed by atoms with Crippen LogP contribution in [-0.4, -0.2) is 52.3 Å². The van der Waals surface area contributed by atoms with E-state index in [0.29, 0.717) is 35.8 Å². The van der Waals surface area contributed by atoms with Gasteiger partial charge in [0.25, 0.3) is 11.8 Å². The Bertz CT molecular complexity index is 1120. The van der Waals surface area contributed by atoms with Gasteiger partial charge in [-0.1, -0.05) is 36.7 Å². The molecule has 0 N–H and O–H groups in total. The van der Waals surface area contributed by atoms with Gasteiger partial charge in [-0.2, -0.15) is 0 Å². The predicted molar refractivity (Wildman–Crippen MR) is 128 cm³/mol. The minimum atomic E-state index is 0.00608. The lowest BCUT2D eigenvalue weighted by Crippen LogP contribution is -2.49. The number of hydrogen-bond acceptors (Lipinski definition) is 3. The second-order valence-electron chi connectivity index (χ2n) is 8.35. The molecule has 3 aromatic rings. The Hall–Kier alpha value is -2.92. The number of likely N-dealkylation sites (tertiary alicyclic amines) is 1. The molecule has 1 fully saturated rings. The molecule has 1 aliphatic heterocycles. The molecule has 2 amide bonds. The first-order chi connectivity index (χ1) is 15.5. The number of carbonyl (C=O) groups excluding carboxylic acids is 2. The summed E-state index contributed by atoms with van der Waals surface area (Å²) in [5.74, 6) is 0.0652. The number of fused-ring (bicyclic) bond motifs is 1. The van der Waals surface area contributed by atoms with Crippen LogP contribution in [0.15, 0.2) is 54.6 Å². The average Bonchev–Trinajstić information content (AvgIpc) is 2.82. The minimum absolute atomic E-state index is 0.00608. The van der Waals surface area contributed by atoms with Crippen LogP contribution in [0.25, 0.3) is 10.9 Å². The number of carbonyl (C=O) groups is 2. The van der Waals surface area contributed by atoms with Crippen LogP contribution in [0.3, 0.4) is 0 Å². The van der Waals surface area contributed by atoms with E-state index in [4.69, 9.17) is 11.6 Å². The molecule has 0 radical (unpaired) electrons. The van der Waals surface area contributed by atoms with Gasteiger partial charge >= 0.3 is 0 Å². The molecule has 5 nitrogen and oxygen atoms in total.